The molecule has 2 N–H and O–H groups in total. The van der Waals surface area contributed by atoms with E-state index in [1.165, 1.54) is 22.9 Å². The molecule has 0 fully saturated rings. The zero-order valence-electron chi connectivity index (χ0n) is 11.3. The number of carboxylic acids is 1. The third kappa shape index (κ3) is 3.56. The van der Waals surface area contributed by atoms with Crippen LogP contribution in [0.15, 0.2) is 17.6 Å². The Morgan fingerprint density at radius 2 is 2.19 bits per heavy atom. The lowest BCUT2D eigenvalue weighted by Crippen LogP contribution is -2.27. The van der Waals surface area contributed by atoms with Crippen molar-refractivity contribution in [2.45, 2.75) is 19.9 Å². The smallest absolute Gasteiger partial charge is 0.355 e. The first-order valence-electron chi connectivity index (χ1n) is 6.00. The molecule has 0 saturated heterocycles. The molecule has 0 saturated carbocycles. The highest BCUT2D eigenvalue weighted by atomic mass is 35.5. The van der Waals surface area contributed by atoms with E-state index in [4.69, 9.17) is 16.7 Å². The first-order valence-corrected chi connectivity index (χ1v) is 7.26. The Labute approximate surface area is 129 Å². The number of halogens is 1. The van der Waals surface area contributed by atoms with Gasteiger partial charge in [0.15, 0.2) is 5.69 Å². The summed E-state index contributed by atoms with van der Waals surface area (Å²) in [6.45, 7) is 3.50. The number of nitrogens with zero attached hydrogens (tertiary/aromatic N) is 2. The van der Waals surface area contributed by atoms with E-state index in [0.717, 1.165) is 5.69 Å². The predicted octanol–water partition coefficient (Wildman–Crippen LogP) is 2.69. The van der Waals surface area contributed by atoms with Gasteiger partial charge in [-0.25, -0.2) is 9.78 Å². The summed E-state index contributed by atoms with van der Waals surface area (Å²) in [5.74, 6) is -1.48. The van der Waals surface area contributed by atoms with Crippen LogP contribution in [-0.4, -0.2) is 27.0 Å². The molecular weight excluding hydrogens is 314 g/mol. The third-order valence-electron chi connectivity index (χ3n) is 2.69. The van der Waals surface area contributed by atoms with Crippen molar-refractivity contribution >= 4 is 34.8 Å². The second kappa shape index (κ2) is 6.19. The minimum atomic E-state index is -1.10. The van der Waals surface area contributed by atoms with Crippen molar-refractivity contribution in [1.82, 2.24) is 15.3 Å². The van der Waals surface area contributed by atoms with Gasteiger partial charge in [-0.15, -0.1) is 11.3 Å². The van der Waals surface area contributed by atoms with Crippen LogP contribution in [0.4, 0.5) is 0 Å². The molecule has 21 heavy (non-hydrogen) atoms. The van der Waals surface area contributed by atoms with E-state index < -0.39 is 12.0 Å². The van der Waals surface area contributed by atoms with Crippen LogP contribution in [0, 0.1) is 6.92 Å². The minimum absolute atomic E-state index is 0.0360. The van der Waals surface area contributed by atoms with Crippen molar-refractivity contribution < 1.29 is 14.7 Å². The number of rotatable bonds is 4. The zero-order valence-corrected chi connectivity index (χ0v) is 12.8. The number of carbonyl (C=O) groups excluding carboxylic acids is 1. The van der Waals surface area contributed by atoms with Crippen LogP contribution in [0.2, 0.25) is 5.02 Å². The Morgan fingerprint density at radius 1 is 1.48 bits per heavy atom. The Balaban J connectivity index is 2.12. The molecule has 8 heteroatoms. The van der Waals surface area contributed by atoms with Crippen LogP contribution >= 0.6 is 22.9 Å². The lowest BCUT2D eigenvalue weighted by Gasteiger charge is -2.12. The molecule has 2 rings (SSSR count). The van der Waals surface area contributed by atoms with Crippen molar-refractivity contribution in [3.8, 4) is 0 Å². The summed E-state index contributed by atoms with van der Waals surface area (Å²) in [6, 6.07) is 1.18. The topological polar surface area (TPSA) is 92.2 Å². The molecule has 2 aromatic heterocycles. The fourth-order valence-electron chi connectivity index (χ4n) is 1.61. The van der Waals surface area contributed by atoms with Gasteiger partial charge in [0.1, 0.15) is 5.01 Å². The van der Waals surface area contributed by atoms with E-state index >= 15 is 0 Å². The fourth-order valence-corrected chi connectivity index (χ4v) is 2.71. The summed E-state index contributed by atoms with van der Waals surface area (Å²) in [5, 5.41) is 13.8. The summed E-state index contributed by atoms with van der Waals surface area (Å²) in [6.07, 6.45) is 1.41. The molecule has 110 valence electrons. The van der Waals surface area contributed by atoms with Crippen LogP contribution in [0.1, 0.15) is 44.5 Å². The molecule has 1 unspecified atom stereocenters. The number of nitrogens with one attached hydrogen (secondary N) is 1. The molecule has 0 aliphatic rings. The van der Waals surface area contributed by atoms with Gasteiger partial charge in [0.25, 0.3) is 5.91 Å². The Morgan fingerprint density at radius 3 is 2.76 bits per heavy atom. The van der Waals surface area contributed by atoms with Crippen molar-refractivity contribution in [3.63, 3.8) is 0 Å². The highest BCUT2D eigenvalue weighted by molar-refractivity contribution is 7.09. The van der Waals surface area contributed by atoms with Gasteiger partial charge in [-0.05, 0) is 19.9 Å². The van der Waals surface area contributed by atoms with Crippen molar-refractivity contribution in [2.24, 2.45) is 0 Å². The van der Waals surface area contributed by atoms with E-state index in [1.54, 1.807) is 19.9 Å². The maximum Gasteiger partial charge on any atom is 0.355 e. The highest BCUT2D eigenvalue weighted by Crippen LogP contribution is 2.20. The van der Waals surface area contributed by atoms with Crippen molar-refractivity contribution in [3.05, 3.63) is 44.6 Å². The number of thiazole rings is 1. The molecule has 1 amide bonds. The van der Waals surface area contributed by atoms with Gasteiger partial charge in [0.05, 0.1) is 16.6 Å². The molecule has 0 spiro atoms. The largest absolute Gasteiger partial charge is 0.476 e. The second-order valence-electron chi connectivity index (χ2n) is 4.38. The minimum Gasteiger partial charge on any atom is -0.476 e. The summed E-state index contributed by atoms with van der Waals surface area (Å²) in [7, 11) is 0. The second-order valence-corrected chi connectivity index (χ2v) is 5.67. The molecule has 0 aliphatic carbocycles. The highest BCUT2D eigenvalue weighted by Gasteiger charge is 2.18. The van der Waals surface area contributed by atoms with Gasteiger partial charge in [-0.2, -0.15) is 0 Å². The third-order valence-corrected chi connectivity index (χ3v) is 4.03. The van der Waals surface area contributed by atoms with Crippen LogP contribution in [-0.2, 0) is 0 Å². The molecule has 1 atom stereocenters. The molecule has 2 aromatic rings. The molecule has 0 aromatic carbocycles. The first kappa shape index (κ1) is 15.4. The van der Waals surface area contributed by atoms with Crippen LogP contribution in [0.3, 0.4) is 0 Å². The van der Waals surface area contributed by atoms with E-state index in [9.17, 15) is 9.59 Å². The summed E-state index contributed by atoms with van der Waals surface area (Å²) < 4.78 is 0. The van der Waals surface area contributed by atoms with Crippen molar-refractivity contribution in [2.75, 3.05) is 0 Å². The van der Waals surface area contributed by atoms with E-state index in [0.29, 0.717) is 10.0 Å². The molecular formula is C13H12ClN3O3S. The van der Waals surface area contributed by atoms with Crippen molar-refractivity contribution in [1.29, 1.82) is 0 Å². The molecule has 6 nitrogen and oxygen atoms in total. The average Bonchev–Trinajstić information content (AvgIpc) is 2.88. The fraction of sp³-hybridized carbons (Fsp3) is 0.231. The number of aromatic nitrogens is 2. The van der Waals surface area contributed by atoms with Gasteiger partial charge in [0, 0.05) is 17.3 Å². The van der Waals surface area contributed by atoms with Gasteiger partial charge in [-0.3, -0.25) is 9.78 Å². The monoisotopic (exact) mass is 325 g/mol. The number of hydrogen-bond donors (Lipinski definition) is 2. The quantitative estimate of drug-likeness (QED) is 0.901. The number of carbonyl (C=O) groups is 2. The lowest BCUT2D eigenvalue weighted by molar-refractivity contribution is 0.0691. The number of aromatic carboxylic acids is 1. The average molecular weight is 326 g/mol. The number of pyridine rings is 1. The first-order chi connectivity index (χ1) is 9.88. The van der Waals surface area contributed by atoms with E-state index in [1.807, 2.05) is 0 Å². The Hall–Kier alpha value is -1.99. The predicted molar refractivity (Wildman–Crippen MR) is 78.9 cm³/mol. The van der Waals surface area contributed by atoms with Gasteiger partial charge in [-0.1, -0.05) is 11.6 Å². The number of carboxylic acid groups (broad SMARTS) is 1. The Bertz CT molecular complexity index is 702. The van der Waals surface area contributed by atoms with E-state index in [2.05, 4.69) is 15.3 Å². The normalized spacial score (nSPS) is 12.0. The number of amides is 1. The molecule has 0 aliphatic heterocycles. The number of aryl methyl sites for hydroxylation is 1. The lowest BCUT2D eigenvalue weighted by atomic mass is 10.2. The maximum absolute atomic E-state index is 12.1. The summed E-state index contributed by atoms with van der Waals surface area (Å²) in [5.41, 5.74) is 0.950. The Kier molecular flexibility index (Phi) is 4.54. The molecule has 0 bridgehead atoms. The van der Waals surface area contributed by atoms with Crippen LogP contribution < -0.4 is 5.32 Å². The molecule has 0 radical (unpaired) electrons. The van der Waals surface area contributed by atoms with Crippen LogP contribution in [0.5, 0.6) is 0 Å². The standard InChI is InChI=1S/C13H12ClN3O3S/c1-6-3-9(14)8(4-15-6)11(18)16-7(2)12-17-10(5-21-12)13(19)20/h3-5,7H,1-2H3,(H,16,18)(H,19,20). The zero-order chi connectivity index (χ0) is 15.6. The van der Waals surface area contributed by atoms with E-state index in [-0.39, 0.29) is 17.2 Å². The SMILES string of the molecule is Cc1cc(Cl)c(C(=O)NC(C)c2nc(C(=O)O)cs2)cn1. The van der Waals surface area contributed by atoms with Gasteiger partial charge in [0.2, 0.25) is 0 Å². The summed E-state index contributed by atoms with van der Waals surface area (Å²) in [4.78, 5) is 30.9. The number of hydrogen-bond acceptors (Lipinski definition) is 5. The van der Waals surface area contributed by atoms with Crippen LogP contribution in [0.25, 0.3) is 0 Å². The van der Waals surface area contributed by atoms with Gasteiger partial charge < -0.3 is 10.4 Å². The molecule has 2 heterocycles. The van der Waals surface area contributed by atoms with Gasteiger partial charge >= 0.3 is 5.97 Å². The maximum atomic E-state index is 12.1. The summed E-state index contributed by atoms with van der Waals surface area (Å²) >= 11 is 7.18.